The number of piperidine rings is 1. The Kier molecular flexibility index (Phi) is 4.92. The summed E-state index contributed by atoms with van der Waals surface area (Å²) in [6.07, 6.45) is 5.92. The van der Waals surface area contributed by atoms with Gasteiger partial charge in [-0.2, -0.15) is 5.10 Å². The lowest BCUT2D eigenvalue weighted by atomic mass is 10.1. The minimum Gasteiger partial charge on any atom is -0.381 e. The van der Waals surface area contributed by atoms with Gasteiger partial charge in [0.15, 0.2) is 0 Å². The van der Waals surface area contributed by atoms with E-state index in [1.165, 1.54) is 5.69 Å². The predicted octanol–water partition coefficient (Wildman–Crippen LogP) is 2.14. The van der Waals surface area contributed by atoms with E-state index in [1.807, 2.05) is 12.1 Å². The molecule has 23 heavy (non-hydrogen) atoms. The molecule has 1 aromatic carbocycles. The highest BCUT2D eigenvalue weighted by Gasteiger charge is 2.18. The van der Waals surface area contributed by atoms with Gasteiger partial charge in [0, 0.05) is 44.0 Å². The number of hydrogen-bond donors (Lipinski definition) is 1. The molecule has 1 aliphatic rings. The summed E-state index contributed by atoms with van der Waals surface area (Å²) < 4.78 is 7.00. The van der Waals surface area contributed by atoms with E-state index in [2.05, 4.69) is 27.4 Å². The van der Waals surface area contributed by atoms with Crippen molar-refractivity contribution in [3.05, 3.63) is 42.7 Å². The van der Waals surface area contributed by atoms with Crippen molar-refractivity contribution in [1.82, 2.24) is 9.78 Å². The number of aromatic nitrogens is 2. The fourth-order valence-corrected chi connectivity index (χ4v) is 2.85. The molecule has 1 aromatic heterocycles. The van der Waals surface area contributed by atoms with Crippen molar-refractivity contribution >= 4 is 17.3 Å². The van der Waals surface area contributed by atoms with Crippen LogP contribution in [-0.2, 0) is 16.1 Å². The molecule has 1 aliphatic heterocycles. The van der Waals surface area contributed by atoms with Gasteiger partial charge >= 0.3 is 0 Å². The molecule has 6 nitrogen and oxygen atoms in total. The first kappa shape index (κ1) is 15.6. The molecule has 0 spiro atoms. The Labute approximate surface area is 136 Å². The second-order valence-electron chi connectivity index (χ2n) is 5.72. The predicted molar refractivity (Wildman–Crippen MR) is 89.5 cm³/mol. The van der Waals surface area contributed by atoms with E-state index < -0.39 is 0 Å². The van der Waals surface area contributed by atoms with Crippen LogP contribution in [0.25, 0.3) is 0 Å². The van der Waals surface area contributed by atoms with Crippen LogP contribution in [0.3, 0.4) is 0 Å². The van der Waals surface area contributed by atoms with Gasteiger partial charge in [0.05, 0.1) is 6.10 Å². The highest BCUT2D eigenvalue weighted by Crippen LogP contribution is 2.22. The molecular weight excluding hydrogens is 292 g/mol. The highest BCUT2D eigenvalue weighted by atomic mass is 16.5. The third kappa shape index (κ3) is 4.10. The number of methoxy groups -OCH3 is 1. The number of carbonyl (C=O) groups is 1. The summed E-state index contributed by atoms with van der Waals surface area (Å²) in [7, 11) is 1.78. The average molecular weight is 314 g/mol. The third-order valence-corrected chi connectivity index (χ3v) is 4.16. The number of amides is 1. The van der Waals surface area contributed by atoms with Crippen LogP contribution in [0.5, 0.6) is 0 Å². The van der Waals surface area contributed by atoms with Crippen LogP contribution in [0.15, 0.2) is 42.7 Å². The maximum absolute atomic E-state index is 11.9. The first-order chi connectivity index (χ1) is 11.2. The third-order valence-electron chi connectivity index (χ3n) is 4.16. The van der Waals surface area contributed by atoms with Crippen molar-refractivity contribution < 1.29 is 9.53 Å². The van der Waals surface area contributed by atoms with Gasteiger partial charge < -0.3 is 15.0 Å². The Morgan fingerprint density at radius 1 is 1.30 bits per heavy atom. The van der Waals surface area contributed by atoms with Gasteiger partial charge in [0.25, 0.3) is 0 Å². The number of benzene rings is 1. The largest absolute Gasteiger partial charge is 0.381 e. The molecule has 2 heterocycles. The molecule has 1 N–H and O–H groups in total. The van der Waals surface area contributed by atoms with Crippen molar-refractivity contribution in [2.75, 3.05) is 30.4 Å². The van der Waals surface area contributed by atoms with Crippen LogP contribution >= 0.6 is 0 Å². The van der Waals surface area contributed by atoms with Crippen LogP contribution in [-0.4, -0.2) is 42.0 Å². The molecule has 122 valence electrons. The second kappa shape index (κ2) is 7.28. The number of anilines is 2. The molecule has 0 radical (unpaired) electrons. The summed E-state index contributed by atoms with van der Waals surface area (Å²) in [5.74, 6) is -0.0811. The van der Waals surface area contributed by atoms with Crippen molar-refractivity contribution in [2.24, 2.45) is 0 Å². The molecule has 6 heteroatoms. The first-order valence-corrected chi connectivity index (χ1v) is 7.89. The number of nitrogens with one attached hydrogen (secondary N) is 1. The van der Waals surface area contributed by atoms with Crippen LogP contribution in [0.4, 0.5) is 11.4 Å². The summed E-state index contributed by atoms with van der Waals surface area (Å²) in [6.45, 7) is 2.23. The summed E-state index contributed by atoms with van der Waals surface area (Å²) in [5, 5.41) is 6.91. The van der Waals surface area contributed by atoms with Crippen molar-refractivity contribution in [2.45, 2.75) is 25.5 Å². The van der Waals surface area contributed by atoms with Crippen LogP contribution in [0.2, 0.25) is 0 Å². The maximum atomic E-state index is 11.9. The Morgan fingerprint density at radius 2 is 2.04 bits per heavy atom. The number of ether oxygens (including phenoxy) is 1. The molecule has 0 saturated carbocycles. The van der Waals surface area contributed by atoms with Crippen molar-refractivity contribution in [3.8, 4) is 0 Å². The molecule has 0 unspecified atom stereocenters. The van der Waals surface area contributed by atoms with E-state index in [-0.39, 0.29) is 12.5 Å². The Hall–Kier alpha value is -2.34. The molecule has 1 saturated heterocycles. The van der Waals surface area contributed by atoms with Gasteiger partial charge in [-0.25, -0.2) is 0 Å². The Bertz CT molecular complexity index is 617. The highest BCUT2D eigenvalue weighted by molar-refractivity contribution is 5.90. The lowest BCUT2D eigenvalue weighted by molar-refractivity contribution is -0.116. The summed E-state index contributed by atoms with van der Waals surface area (Å²) in [4.78, 5) is 14.3. The first-order valence-electron chi connectivity index (χ1n) is 7.89. The zero-order valence-corrected chi connectivity index (χ0v) is 13.3. The smallest absolute Gasteiger partial charge is 0.246 e. The number of hydrogen-bond acceptors (Lipinski definition) is 4. The molecule has 1 fully saturated rings. The standard InChI is InChI=1S/C17H22N4O2/c1-23-16-7-11-20(12-8-16)15-5-3-14(4-6-15)19-17(22)13-21-10-2-9-18-21/h2-6,9-10,16H,7-8,11-13H2,1H3,(H,19,22). The zero-order valence-electron chi connectivity index (χ0n) is 13.3. The minimum absolute atomic E-state index is 0.0811. The van der Waals surface area contributed by atoms with E-state index in [1.54, 1.807) is 30.3 Å². The molecule has 2 aromatic rings. The maximum Gasteiger partial charge on any atom is 0.246 e. The summed E-state index contributed by atoms with van der Waals surface area (Å²) in [6, 6.07) is 9.79. The molecule has 3 rings (SSSR count). The monoisotopic (exact) mass is 314 g/mol. The van der Waals surface area contributed by atoms with E-state index in [0.717, 1.165) is 31.6 Å². The topological polar surface area (TPSA) is 59.4 Å². The fraction of sp³-hybridized carbons (Fsp3) is 0.412. The van der Waals surface area contributed by atoms with Gasteiger partial charge in [-0.1, -0.05) is 0 Å². The van der Waals surface area contributed by atoms with Crippen LogP contribution in [0, 0.1) is 0 Å². The Morgan fingerprint density at radius 3 is 2.65 bits per heavy atom. The normalized spacial score (nSPS) is 15.6. The SMILES string of the molecule is COC1CCN(c2ccc(NC(=O)Cn3cccn3)cc2)CC1. The van der Waals surface area contributed by atoms with Crippen LogP contribution in [0.1, 0.15) is 12.8 Å². The molecule has 0 atom stereocenters. The van der Waals surface area contributed by atoms with E-state index in [4.69, 9.17) is 4.74 Å². The second-order valence-corrected chi connectivity index (χ2v) is 5.72. The van der Waals surface area contributed by atoms with E-state index >= 15 is 0 Å². The lowest BCUT2D eigenvalue weighted by Crippen LogP contribution is -2.36. The van der Waals surface area contributed by atoms with Crippen molar-refractivity contribution in [3.63, 3.8) is 0 Å². The Balaban J connectivity index is 1.54. The zero-order chi connectivity index (χ0) is 16.1. The van der Waals surface area contributed by atoms with Gasteiger partial charge in [0.1, 0.15) is 6.54 Å². The average Bonchev–Trinajstić information content (AvgIpc) is 3.08. The van der Waals surface area contributed by atoms with Gasteiger partial charge in [0.2, 0.25) is 5.91 Å². The van der Waals surface area contributed by atoms with Gasteiger partial charge in [-0.3, -0.25) is 9.48 Å². The van der Waals surface area contributed by atoms with Gasteiger partial charge in [-0.05, 0) is 43.2 Å². The number of rotatable bonds is 5. The number of nitrogens with zero attached hydrogens (tertiary/aromatic N) is 3. The summed E-state index contributed by atoms with van der Waals surface area (Å²) in [5.41, 5.74) is 1.99. The quantitative estimate of drug-likeness (QED) is 0.918. The van der Waals surface area contributed by atoms with E-state index in [0.29, 0.717) is 6.10 Å². The molecule has 0 aliphatic carbocycles. The lowest BCUT2D eigenvalue weighted by Gasteiger charge is -2.33. The molecular formula is C17H22N4O2. The van der Waals surface area contributed by atoms with Crippen molar-refractivity contribution in [1.29, 1.82) is 0 Å². The minimum atomic E-state index is -0.0811. The summed E-state index contributed by atoms with van der Waals surface area (Å²) >= 11 is 0. The number of carbonyl (C=O) groups excluding carboxylic acids is 1. The van der Waals surface area contributed by atoms with E-state index in [9.17, 15) is 4.79 Å². The molecule has 0 bridgehead atoms. The molecule has 1 amide bonds. The van der Waals surface area contributed by atoms with Gasteiger partial charge in [-0.15, -0.1) is 0 Å². The fourth-order valence-electron chi connectivity index (χ4n) is 2.85. The van der Waals surface area contributed by atoms with Crippen LogP contribution < -0.4 is 10.2 Å².